The quantitative estimate of drug-likeness (QED) is 0.202. The summed E-state index contributed by atoms with van der Waals surface area (Å²) in [7, 11) is 0. The first kappa shape index (κ1) is 25.2. The van der Waals surface area contributed by atoms with E-state index in [0.29, 0.717) is 39.7 Å². The third kappa shape index (κ3) is 5.31. The van der Waals surface area contributed by atoms with Gasteiger partial charge in [0.2, 0.25) is 0 Å². The van der Waals surface area contributed by atoms with Crippen LogP contribution in [-0.4, -0.2) is 15.9 Å². The Balaban J connectivity index is 1.54. The van der Waals surface area contributed by atoms with Crippen LogP contribution in [0.5, 0.6) is 5.75 Å². The molecule has 0 saturated heterocycles. The molecular weight excluding hydrogens is 550 g/mol. The minimum Gasteiger partial charge on any atom is -0.488 e. The SMILES string of the molecule is CC(C)(C)c1nc2ccc(Br)cc2c(=O)n1N=Cc1cc(Cl)ccc1OCc1cccc2ccccc12. The predicted molar refractivity (Wildman–Crippen MR) is 155 cm³/mol. The van der Waals surface area contributed by atoms with Crippen LogP contribution in [0.1, 0.15) is 37.7 Å². The van der Waals surface area contributed by atoms with E-state index in [9.17, 15) is 4.79 Å². The fourth-order valence-corrected chi connectivity index (χ4v) is 4.73. The Bertz CT molecular complexity index is 1720. The molecule has 0 fully saturated rings. The summed E-state index contributed by atoms with van der Waals surface area (Å²) in [5.74, 6) is 1.17. The number of halogens is 2. The van der Waals surface area contributed by atoms with E-state index in [1.807, 2.05) is 57.2 Å². The second-order valence-corrected chi connectivity index (χ2v) is 11.2. The van der Waals surface area contributed by atoms with E-state index in [1.54, 1.807) is 24.4 Å². The van der Waals surface area contributed by atoms with Crippen molar-refractivity contribution in [3.05, 3.63) is 116 Å². The lowest BCUT2D eigenvalue weighted by atomic mass is 9.95. The molecule has 5 rings (SSSR count). The molecule has 7 heteroatoms. The van der Waals surface area contributed by atoms with Gasteiger partial charge in [-0.25, -0.2) is 4.98 Å². The topological polar surface area (TPSA) is 56.5 Å². The summed E-state index contributed by atoms with van der Waals surface area (Å²) in [4.78, 5) is 18.3. The van der Waals surface area contributed by atoms with Crippen molar-refractivity contribution in [1.29, 1.82) is 0 Å². The van der Waals surface area contributed by atoms with Crippen molar-refractivity contribution in [2.75, 3.05) is 0 Å². The second-order valence-electron chi connectivity index (χ2n) is 9.82. The van der Waals surface area contributed by atoms with Gasteiger partial charge in [0.05, 0.1) is 17.1 Å². The molecule has 37 heavy (non-hydrogen) atoms. The minimum atomic E-state index is -0.417. The Labute approximate surface area is 228 Å². The highest BCUT2D eigenvalue weighted by Crippen LogP contribution is 2.26. The van der Waals surface area contributed by atoms with E-state index in [-0.39, 0.29) is 5.56 Å². The van der Waals surface area contributed by atoms with E-state index >= 15 is 0 Å². The second kappa shape index (κ2) is 10.1. The summed E-state index contributed by atoms with van der Waals surface area (Å²) in [5.41, 5.74) is 1.71. The van der Waals surface area contributed by atoms with Crippen LogP contribution < -0.4 is 10.3 Å². The van der Waals surface area contributed by atoms with E-state index in [1.165, 1.54) is 4.68 Å². The number of ether oxygens (including phenoxy) is 1. The Morgan fingerprint density at radius 2 is 1.78 bits per heavy atom. The van der Waals surface area contributed by atoms with E-state index in [0.717, 1.165) is 20.8 Å². The third-order valence-electron chi connectivity index (χ3n) is 6.03. The molecule has 5 aromatic rings. The standard InChI is InChI=1S/C30H25BrClN3O2/c1-30(2,3)29-34-26-13-11-22(31)16-25(26)28(36)35(29)33-17-21-15-23(32)12-14-27(21)37-18-20-9-6-8-19-7-4-5-10-24(19)20/h4-17H,18H2,1-3H3. The Kier molecular flexibility index (Phi) is 6.88. The van der Waals surface area contributed by atoms with Crippen LogP contribution in [0.25, 0.3) is 21.7 Å². The maximum atomic E-state index is 13.5. The van der Waals surface area contributed by atoms with Crippen LogP contribution in [0, 0.1) is 0 Å². The van der Waals surface area contributed by atoms with Crippen molar-refractivity contribution < 1.29 is 4.74 Å². The fraction of sp³-hybridized carbons (Fsp3) is 0.167. The van der Waals surface area contributed by atoms with Crippen LogP contribution >= 0.6 is 27.5 Å². The van der Waals surface area contributed by atoms with Crippen LogP contribution in [0.3, 0.4) is 0 Å². The monoisotopic (exact) mass is 573 g/mol. The highest BCUT2D eigenvalue weighted by atomic mass is 79.9. The van der Waals surface area contributed by atoms with Gasteiger partial charge in [-0.2, -0.15) is 9.78 Å². The molecule has 5 nitrogen and oxygen atoms in total. The van der Waals surface area contributed by atoms with Crippen molar-refractivity contribution in [2.24, 2.45) is 5.10 Å². The van der Waals surface area contributed by atoms with Crippen LogP contribution in [0.15, 0.2) is 93.2 Å². The van der Waals surface area contributed by atoms with Gasteiger partial charge < -0.3 is 4.74 Å². The summed E-state index contributed by atoms with van der Waals surface area (Å²) >= 11 is 9.77. The lowest BCUT2D eigenvalue weighted by molar-refractivity contribution is 0.307. The van der Waals surface area contributed by atoms with Gasteiger partial charge in [-0.3, -0.25) is 4.79 Å². The first-order chi connectivity index (χ1) is 17.7. The largest absolute Gasteiger partial charge is 0.488 e. The summed E-state index contributed by atoms with van der Waals surface area (Å²) < 4.78 is 8.40. The molecule has 1 heterocycles. The van der Waals surface area contributed by atoms with Crippen LogP contribution in [0.2, 0.25) is 5.02 Å². The summed E-state index contributed by atoms with van der Waals surface area (Å²) in [5, 5.41) is 7.92. The number of fused-ring (bicyclic) bond motifs is 2. The van der Waals surface area contributed by atoms with Gasteiger partial charge >= 0.3 is 0 Å². The lowest BCUT2D eigenvalue weighted by Crippen LogP contribution is -2.29. The van der Waals surface area contributed by atoms with Crippen LogP contribution in [0.4, 0.5) is 0 Å². The molecule has 0 saturated carbocycles. The maximum Gasteiger partial charge on any atom is 0.282 e. The van der Waals surface area contributed by atoms with Gasteiger partial charge in [0.25, 0.3) is 5.56 Å². The van der Waals surface area contributed by atoms with E-state index in [2.05, 4.69) is 45.3 Å². The predicted octanol–water partition coefficient (Wildman–Crippen LogP) is 7.72. The highest BCUT2D eigenvalue weighted by Gasteiger charge is 2.23. The van der Waals surface area contributed by atoms with Crippen molar-refractivity contribution >= 4 is 55.4 Å². The average molecular weight is 575 g/mol. The zero-order valence-electron chi connectivity index (χ0n) is 20.7. The average Bonchev–Trinajstić information content (AvgIpc) is 2.87. The van der Waals surface area contributed by atoms with Gasteiger partial charge in [-0.1, -0.05) is 90.8 Å². The lowest BCUT2D eigenvalue weighted by Gasteiger charge is -2.21. The normalized spacial score (nSPS) is 12.0. The van der Waals surface area contributed by atoms with Crippen molar-refractivity contribution in [1.82, 2.24) is 9.66 Å². The number of rotatable bonds is 5. The molecule has 186 valence electrons. The van der Waals surface area contributed by atoms with Crippen molar-refractivity contribution in [3.63, 3.8) is 0 Å². The molecule has 0 aliphatic heterocycles. The first-order valence-electron chi connectivity index (χ1n) is 11.9. The molecule has 0 aliphatic rings. The number of benzene rings is 4. The van der Waals surface area contributed by atoms with E-state index < -0.39 is 5.41 Å². The van der Waals surface area contributed by atoms with Crippen molar-refractivity contribution in [2.45, 2.75) is 32.8 Å². The molecule has 1 aromatic heterocycles. The molecule has 0 radical (unpaired) electrons. The van der Waals surface area contributed by atoms with Gasteiger partial charge in [-0.15, -0.1) is 0 Å². The van der Waals surface area contributed by atoms with Crippen molar-refractivity contribution in [3.8, 4) is 5.75 Å². The third-order valence-corrected chi connectivity index (χ3v) is 6.75. The number of hydrogen-bond donors (Lipinski definition) is 0. The Morgan fingerprint density at radius 3 is 2.59 bits per heavy atom. The van der Waals surface area contributed by atoms with Gasteiger partial charge in [0, 0.05) is 20.5 Å². The summed E-state index contributed by atoms with van der Waals surface area (Å²) in [6.45, 7) is 6.39. The number of nitrogens with zero attached hydrogens (tertiary/aromatic N) is 3. The fourth-order valence-electron chi connectivity index (χ4n) is 4.19. The molecule has 0 aliphatic carbocycles. The Hall–Kier alpha value is -3.48. The smallest absolute Gasteiger partial charge is 0.282 e. The highest BCUT2D eigenvalue weighted by molar-refractivity contribution is 9.10. The van der Waals surface area contributed by atoms with Gasteiger partial charge in [0.1, 0.15) is 18.2 Å². The maximum absolute atomic E-state index is 13.5. The molecule has 0 atom stereocenters. The molecule has 0 bridgehead atoms. The zero-order chi connectivity index (χ0) is 26.2. The Morgan fingerprint density at radius 1 is 1.00 bits per heavy atom. The molecular formula is C30H25BrClN3O2. The molecule has 0 spiro atoms. The molecule has 4 aromatic carbocycles. The number of hydrogen-bond acceptors (Lipinski definition) is 4. The first-order valence-corrected chi connectivity index (χ1v) is 13.0. The molecule has 0 amide bonds. The van der Waals surface area contributed by atoms with Crippen LogP contribution in [-0.2, 0) is 12.0 Å². The summed E-state index contributed by atoms with van der Waals surface area (Å²) in [6.07, 6.45) is 1.60. The summed E-state index contributed by atoms with van der Waals surface area (Å²) in [6, 6.07) is 25.2. The zero-order valence-corrected chi connectivity index (χ0v) is 23.0. The molecule has 0 unspecified atom stereocenters. The van der Waals surface area contributed by atoms with Gasteiger partial charge in [-0.05, 0) is 52.7 Å². The molecule has 0 N–H and O–H groups in total. The number of aromatic nitrogens is 2. The van der Waals surface area contributed by atoms with E-state index in [4.69, 9.17) is 21.3 Å². The minimum absolute atomic E-state index is 0.243. The van der Waals surface area contributed by atoms with Gasteiger partial charge in [0.15, 0.2) is 0 Å².